The third kappa shape index (κ3) is 3.94. The Morgan fingerprint density at radius 1 is 1.09 bits per heavy atom. The van der Waals surface area contributed by atoms with Crippen LogP contribution in [0.15, 0.2) is 27.8 Å². The zero-order valence-corrected chi connectivity index (χ0v) is 14.4. The summed E-state index contributed by atoms with van der Waals surface area (Å²) in [5, 5.41) is 4.15. The zero-order valence-electron chi connectivity index (χ0n) is 12.8. The minimum absolute atomic E-state index is 0.466. The second-order valence-corrected chi connectivity index (χ2v) is 5.44. The van der Waals surface area contributed by atoms with E-state index in [1.807, 2.05) is 32.0 Å². The molecule has 1 heterocycles. The third-order valence-electron chi connectivity index (χ3n) is 2.82. The highest BCUT2D eigenvalue weighted by atomic mass is 79.9. The van der Waals surface area contributed by atoms with Crippen LogP contribution in [0.4, 0.5) is 5.95 Å². The lowest BCUT2D eigenvalue weighted by atomic mass is 10.2. The van der Waals surface area contributed by atoms with Gasteiger partial charge in [0.15, 0.2) is 11.5 Å². The monoisotopic (exact) mass is 364 g/mol. The van der Waals surface area contributed by atoms with Gasteiger partial charge in [0.25, 0.3) is 0 Å². The van der Waals surface area contributed by atoms with Crippen molar-refractivity contribution >= 4 is 28.1 Å². The molecule has 0 atom stereocenters. The number of aryl methyl sites for hydroxylation is 2. The quantitative estimate of drug-likeness (QED) is 0.650. The summed E-state index contributed by atoms with van der Waals surface area (Å²) in [5.74, 6) is 1.74. The first-order valence-corrected chi connectivity index (χ1v) is 7.35. The van der Waals surface area contributed by atoms with Gasteiger partial charge in [0.1, 0.15) is 0 Å². The first-order valence-electron chi connectivity index (χ1n) is 6.56. The minimum Gasteiger partial charge on any atom is -0.493 e. The summed E-state index contributed by atoms with van der Waals surface area (Å²) >= 11 is 3.44. The summed E-state index contributed by atoms with van der Waals surface area (Å²) in [6.45, 7) is 3.82. The number of anilines is 1. The molecule has 0 saturated heterocycles. The average Bonchev–Trinajstić information content (AvgIpc) is 2.45. The Morgan fingerprint density at radius 2 is 1.77 bits per heavy atom. The molecule has 0 unspecified atom stereocenters. The van der Waals surface area contributed by atoms with Gasteiger partial charge in [-0.05, 0) is 53.5 Å². The van der Waals surface area contributed by atoms with Gasteiger partial charge in [0.05, 0.1) is 24.9 Å². The van der Waals surface area contributed by atoms with Crippen LogP contribution in [0.2, 0.25) is 0 Å². The third-order valence-corrected chi connectivity index (χ3v) is 3.41. The van der Waals surface area contributed by atoms with Crippen molar-refractivity contribution in [3.8, 4) is 11.5 Å². The van der Waals surface area contributed by atoms with Crippen molar-refractivity contribution in [2.75, 3.05) is 19.6 Å². The van der Waals surface area contributed by atoms with Gasteiger partial charge in [0.2, 0.25) is 5.95 Å². The maximum atomic E-state index is 5.29. The lowest BCUT2D eigenvalue weighted by molar-refractivity contribution is 0.353. The summed E-state index contributed by atoms with van der Waals surface area (Å²) in [6.07, 6.45) is 1.66. The SMILES string of the molecule is COc1cc(/C=N/Nc2nc(C)cc(C)n2)cc(Br)c1OC. The number of nitrogens with zero attached hydrogens (tertiary/aromatic N) is 3. The minimum atomic E-state index is 0.466. The smallest absolute Gasteiger partial charge is 0.243 e. The standard InChI is InChI=1S/C15H17BrN4O2/c1-9-5-10(2)19-15(18-9)20-17-8-11-6-12(16)14(22-4)13(7-11)21-3/h5-8H,1-4H3,(H,18,19,20)/b17-8+. The fourth-order valence-electron chi connectivity index (χ4n) is 1.95. The Labute approximate surface area is 137 Å². The van der Waals surface area contributed by atoms with E-state index < -0.39 is 0 Å². The maximum Gasteiger partial charge on any atom is 0.243 e. The molecule has 22 heavy (non-hydrogen) atoms. The highest BCUT2D eigenvalue weighted by Gasteiger charge is 2.09. The molecule has 2 rings (SSSR count). The highest BCUT2D eigenvalue weighted by Crippen LogP contribution is 2.35. The molecule has 0 aliphatic rings. The van der Waals surface area contributed by atoms with Crippen LogP contribution in [0, 0.1) is 13.8 Å². The van der Waals surface area contributed by atoms with Crippen molar-refractivity contribution in [3.05, 3.63) is 39.6 Å². The molecule has 0 bridgehead atoms. The number of ether oxygens (including phenoxy) is 2. The van der Waals surface area contributed by atoms with E-state index in [2.05, 4.69) is 36.4 Å². The van der Waals surface area contributed by atoms with Gasteiger partial charge in [-0.1, -0.05) is 0 Å². The van der Waals surface area contributed by atoms with Crippen molar-refractivity contribution in [1.82, 2.24) is 9.97 Å². The maximum absolute atomic E-state index is 5.29. The number of hydrogen-bond donors (Lipinski definition) is 1. The van der Waals surface area contributed by atoms with Gasteiger partial charge in [0, 0.05) is 11.4 Å². The van der Waals surface area contributed by atoms with Crippen LogP contribution < -0.4 is 14.9 Å². The first-order chi connectivity index (χ1) is 10.5. The number of benzene rings is 1. The molecule has 0 radical (unpaired) electrons. The molecule has 1 N–H and O–H groups in total. The molecular formula is C15H17BrN4O2. The van der Waals surface area contributed by atoms with Crippen LogP contribution in [0.3, 0.4) is 0 Å². The lowest BCUT2D eigenvalue weighted by Gasteiger charge is -2.10. The lowest BCUT2D eigenvalue weighted by Crippen LogP contribution is -2.00. The number of hydrogen-bond acceptors (Lipinski definition) is 6. The van der Waals surface area contributed by atoms with Crippen LogP contribution >= 0.6 is 15.9 Å². The van der Waals surface area contributed by atoms with Gasteiger partial charge in [-0.15, -0.1) is 0 Å². The second kappa shape index (κ2) is 7.22. The number of aromatic nitrogens is 2. The number of hydrazone groups is 1. The van der Waals surface area contributed by atoms with E-state index in [0.29, 0.717) is 17.4 Å². The molecule has 6 nitrogen and oxygen atoms in total. The first kappa shape index (κ1) is 16.2. The molecule has 0 saturated carbocycles. The summed E-state index contributed by atoms with van der Waals surface area (Å²) in [4.78, 5) is 8.51. The van der Waals surface area contributed by atoms with Gasteiger partial charge in [-0.25, -0.2) is 15.4 Å². The summed E-state index contributed by atoms with van der Waals surface area (Å²) in [5.41, 5.74) is 5.44. The summed E-state index contributed by atoms with van der Waals surface area (Å²) < 4.78 is 11.4. The predicted molar refractivity (Wildman–Crippen MR) is 90.0 cm³/mol. The Hall–Kier alpha value is -2.15. The van der Waals surface area contributed by atoms with E-state index in [9.17, 15) is 0 Å². The van der Waals surface area contributed by atoms with E-state index in [4.69, 9.17) is 9.47 Å². The summed E-state index contributed by atoms with van der Waals surface area (Å²) in [6, 6.07) is 5.62. The van der Waals surface area contributed by atoms with E-state index in [-0.39, 0.29) is 0 Å². The number of halogens is 1. The molecule has 7 heteroatoms. The van der Waals surface area contributed by atoms with E-state index in [1.165, 1.54) is 0 Å². The molecule has 0 aliphatic carbocycles. The van der Waals surface area contributed by atoms with Crippen molar-refractivity contribution in [1.29, 1.82) is 0 Å². The zero-order chi connectivity index (χ0) is 16.1. The molecule has 0 amide bonds. The molecule has 1 aromatic carbocycles. The molecular weight excluding hydrogens is 348 g/mol. The predicted octanol–water partition coefficient (Wildman–Crippen LogP) is 3.32. The largest absolute Gasteiger partial charge is 0.493 e. The van der Waals surface area contributed by atoms with Gasteiger partial charge in [-0.2, -0.15) is 5.10 Å². The number of rotatable bonds is 5. The number of nitrogens with one attached hydrogen (secondary N) is 1. The highest BCUT2D eigenvalue weighted by molar-refractivity contribution is 9.10. The fourth-order valence-corrected chi connectivity index (χ4v) is 2.57. The molecule has 2 aromatic rings. The van der Waals surface area contributed by atoms with E-state index >= 15 is 0 Å². The topological polar surface area (TPSA) is 68.6 Å². The Balaban J connectivity index is 2.18. The van der Waals surface area contributed by atoms with Crippen LogP contribution in [0.5, 0.6) is 11.5 Å². The van der Waals surface area contributed by atoms with Crippen LogP contribution in [0.25, 0.3) is 0 Å². The average molecular weight is 365 g/mol. The van der Waals surface area contributed by atoms with Crippen LogP contribution in [0.1, 0.15) is 17.0 Å². The Kier molecular flexibility index (Phi) is 5.32. The number of methoxy groups -OCH3 is 2. The molecule has 0 spiro atoms. The fraction of sp³-hybridized carbons (Fsp3) is 0.267. The Morgan fingerprint density at radius 3 is 2.36 bits per heavy atom. The van der Waals surface area contributed by atoms with Crippen molar-refractivity contribution in [2.24, 2.45) is 5.10 Å². The van der Waals surface area contributed by atoms with Gasteiger partial charge >= 0.3 is 0 Å². The van der Waals surface area contributed by atoms with Gasteiger partial charge in [-0.3, -0.25) is 0 Å². The van der Waals surface area contributed by atoms with Crippen molar-refractivity contribution in [3.63, 3.8) is 0 Å². The van der Waals surface area contributed by atoms with Crippen LogP contribution in [-0.4, -0.2) is 30.4 Å². The molecule has 0 aliphatic heterocycles. The molecule has 0 fully saturated rings. The normalized spacial score (nSPS) is 10.8. The Bertz CT molecular complexity index is 684. The summed E-state index contributed by atoms with van der Waals surface area (Å²) in [7, 11) is 3.18. The van der Waals surface area contributed by atoms with E-state index in [0.717, 1.165) is 21.4 Å². The molecule has 116 valence electrons. The van der Waals surface area contributed by atoms with Gasteiger partial charge < -0.3 is 9.47 Å². The van der Waals surface area contributed by atoms with Crippen LogP contribution in [-0.2, 0) is 0 Å². The molecule has 1 aromatic heterocycles. The van der Waals surface area contributed by atoms with Crippen molar-refractivity contribution < 1.29 is 9.47 Å². The second-order valence-electron chi connectivity index (χ2n) is 4.58. The van der Waals surface area contributed by atoms with E-state index in [1.54, 1.807) is 20.4 Å². The van der Waals surface area contributed by atoms with Crippen molar-refractivity contribution in [2.45, 2.75) is 13.8 Å².